The van der Waals surface area contributed by atoms with Crippen molar-refractivity contribution >= 4 is 14.0 Å². The van der Waals surface area contributed by atoms with Gasteiger partial charge in [-0.2, -0.15) is 0 Å². The number of rotatable bonds is 3. The van der Waals surface area contributed by atoms with Crippen molar-refractivity contribution in [2.24, 2.45) is 11.3 Å². The van der Waals surface area contributed by atoms with Crippen molar-refractivity contribution < 1.29 is 24.7 Å². The van der Waals surface area contributed by atoms with Gasteiger partial charge in [-0.25, -0.2) is 0 Å². The van der Waals surface area contributed by atoms with Gasteiger partial charge in [0.15, 0.2) is 0 Å². The molecule has 1 aliphatic rings. The van der Waals surface area contributed by atoms with Gasteiger partial charge in [-0.3, -0.25) is 14.9 Å². The van der Waals surface area contributed by atoms with Gasteiger partial charge in [-0.1, -0.05) is 25.6 Å². The summed E-state index contributed by atoms with van der Waals surface area (Å²) in [5, 5.41) is 31.3. The van der Waals surface area contributed by atoms with Crippen LogP contribution in [-0.4, -0.2) is 55.0 Å². The van der Waals surface area contributed by atoms with Crippen molar-refractivity contribution in [1.29, 1.82) is 0 Å². The first-order valence-electron chi connectivity index (χ1n) is 7.12. The molecule has 1 saturated carbocycles. The molecule has 4 atom stereocenters. The lowest BCUT2D eigenvalue weighted by Gasteiger charge is -2.41. The number of carbonyl (C=O) groups excluding carboxylic acids is 1. The van der Waals surface area contributed by atoms with E-state index in [0.29, 0.717) is 0 Å². The van der Waals surface area contributed by atoms with Crippen molar-refractivity contribution in [2.75, 3.05) is 13.7 Å². The van der Waals surface area contributed by atoms with Crippen molar-refractivity contribution in [2.45, 2.75) is 44.7 Å². The van der Waals surface area contributed by atoms with Crippen LogP contribution >= 0.6 is 0 Å². The summed E-state index contributed by atoms with van der Waals surface area (Å²) in [6.45, 7) is 5.25. The van der Waals surface area contributed by atoms with E-state index in [1.54, 1.807) is 0 Å². The second kappa shape index (κ2) is 6.77. The molecule has 22 heavy (non-hydrogen) atoms. The summed E-state index contributed by atoms with van der Waals surface area (Å²) in [6.07, 6.45) is -2.21. The maximum absolute atomic E-state index is 12.1. The fraction of sp³-hybridized carbons (Fsp3) is 0.786. The highest BCUT2D eigenvalue weighted by molar-refractivity contribution is 6.83. The Morgan fingerprint density at radius 3 is 2.45 bits per heavy atom. The molecular formula is C14H23NO6Si. The second-order valence-corrected chi connectivity index (χ2v) is 11.5. The number of hydrogen-bond acceptors (Lipinski definition) is 6. The van der Waals surface area contributed by atoms with Crippen LogP contribution in [-0.2, 0) is 9.53 Å². The van der Waals surface area contributed by atoms with Crippen molar-refractivity contribution in [3.63, 3.8) is 0 Å². The molecule has 7 nitrogen and oxygen atoms in total. The fourth-order valence-corrected chi connectivity index (χ4v) is 3.28. The highest BCUT2D eigenvalue weighted by Crippen LogP contribution is 2.42. The van der Waals surface area contributed by atoms with Crippen LogP contribution in [0.2, 0.25) is 19.6 Å². The van der Waals surface area contributed by atoms with Gasteiger partial charge in [0.2, 0.25) is 6.54 Å². The number of aliphatic hydroxyl groups excluding tert-OH is 2. The smallest absolute Gasteiger partial charge is 0.310 e. The van der Waals surface area contributed by atoms with Crippen LogP contribution in [0.3, 0.4) is 0 Å². The van der Waals surface area contributed by atoms with Crippen molar-refractivity contribution in [3.8, 4) is 11.5 Å². The maximum Gasteiger partial charge on any atom is 0.310 e. The third-order valence-electron chi connectivity index (χ3n) is 3.77. The number of carbonyl (C=O) groups is 1. The van der Waals surface area contributed by atoms with Crippen LogP contribution in [0.1, 0.15) is 12.8 Å². The quantitative estimate of drug-likeness (QED) is 0.255. The molecule has 0 spiro atoms. The van der Waals surface area contributed by atoms with Crippen molar-refractivity contribution in [3.05, 3.63) is 10.1 Å². The van der Waals surface area contributed by atoms with Crippen LogP contribution in [0.25, 0.3) is 0 Å². The van der Waals surface area contributed by atoms with Gasteiger partial charge in [0.1, 0.15) is 13.5 Å². The lowest BCUT2D eigenvalue weighted by atomic mass is 9.64. The Morgan fingerprint density at radius 1 is 1.41 bits per heavy atom. The Labute approximate surface area is 130 Å². The van der Waals surface area contributed by atoms with Gasteiger partial charge in [0.25, 0.3) is 0 Å². The van der Waals surface area contributed by atoms with E-state index in [2.05, 4.69) is 11.5 Å². The largest absolute Gasteiger partial charge is 0.469 e. The van der Waals surface area contributed by atoms with E-state index < -0.39 is 49.1 Å². The maximum atomic E-state index is 12.1. The normalized spacial score (nSPS) is 31.8. The van der Waals surface area contributed by atoms with E-state index in [-0.39, 0.29) is 12.8 Å². The molecule has 1 aliphatic carbocycles. The third kappa shape index (κ3) is 4.29. The van der Waals surface area contributed by atoms with E-state index in [9.17, 15) is 25.1 Å². The third-order valence-corrected chi connectivity index (χ3v) is 4.64. The minimum Gasteiger partial charge on any atom is -0.469 e. The monoisotopic (exact) mass is 329 g/mol. The second-order valence-electron chi connectivity index (χ2n) is 6.75. The molecule has 0 amide bonds. The Bertz CT molecular complexity index is 506. The minimum atomic E-state index is -1.87. The van der Waals surface area contributed by atoms with Gasteiger partial charge in [-0.15, -0.1) is 5.54 Å². The topological polar surface area (TPSA) is 110 Å². The van der Waals surface area contributed by atoms with E-state index in [1.165, 1.54) is 7.11 Å². The Balaban J connectivity index is 3.40. The van der Waals surface area contributed by atoms with Gasteiger partial charge >= 0.3 is 5.97 Å². The Hall–Kier alpha value is -1.43. The van der Waals surface area contributed by atoms with Gasteiger partial charge in [0.05, 0.1) is 25.2 Å². The van der Waals surface area contributed by atoms with Gasteiger partial charge in [0, 0.05) is 11.3 Å². The molecule has 0 aromatic heterocycles. The number of esters is 1. The zero-order chi connectivity index (χ0) is 17.1. The summed E-state index contributed by atoms with van der Waals surface area (Å²) in [5.74, 6) is 1.14. The zero-order valence-corrected chi connectivity index (χ0v) is 14.3. The molecular weight excluding hydrogens is 306 g/mol. The van der Waals surface area contributed by atoms with Crippen LogP contribution in [0.5, 0.6) is 0 Å². The zero-order valence-electron chi connectivity index (χ0n) is 13.3. The van der Waals surface area contributed by atoms with E-state index in [1.807, 2.05) is 19.6 Å². The minimum absolute atomic E-state index is 0.00203. The number of nitrogens with zero attached hydrogens (tertiary/aromatic N) is 1. The van der Waals surface area contributed by atoms with E-state index in [0.717, 1.165) is 0 Å². The molecule has 124 valence electrons. The summed E-state index contributed by atoms with van der Waals surface area (Å²) in [4.78, 5) is 22.6. The number of aliphatic hydroxyl groups is 2. The first-order chi connectivity index (χ1) is 10.0. The van der Waals surface area contributed by atoms with Gasteiger partial charge in [-0.05, 0) is 6.42 Å². The predicted octanol–water partition coefficient (Wildman–Crippen LogP) is 0.435. The fourth-order valence-electron chi connectivity index (χ4n) is 2.67. The van der Waals surface area contributed by atoms with E-state index >= 15 is 0 Å². The molecule has 0 radical (unpaired) electrons. The Morgan fingerprint density at radius 2 is 2.00 bits per heavy atom. The summed E-state index contributed by atoms with van der Waals surface area (Å²) < 4.78 is 4.71. The highest BCUT2D eigenvalue weighted by atomic mass is 28.3. The molecule has 1 fully saturated rings. The molecule has 0 aliphatic heterocycles. The first-order valence-corrected chi connectivity index (χ1v) is 10.6. The SMILES string of the molecule is COC(=O)[C@H]1C[C@H](O)C[C@H](O)[C@]1(C#C[Si](C)(C)C)C[N+](=O)[O-]. The molecule has 8 heteroatoms. The summed E-state index contributed by atoms with van der Waals surface area (Å²) >= 11 is 0. The number of nitro groups is 1. The average molecular weight is 329 g/mol. The molecule has 0 aromatic rings. The summed E-state index contributed by atoms with van der Waals surface area (Å²) in [6, 6.07) is 0. The molecule has 0 heterocycles. The molecule has 0 unspecified atom stereocenters. The van der Waals surface area contributed by atoms with Gasteiger partial charge < -0.3 is 14.9 Å². The molecule has 0 bridgehead atoms. The summed E-state index contributed by atoms with van der Waals surface area (Å²) in [7, 11) is -0.691. The standard InChI is InChI=1S/C14H23NO6Si/c1-21-13(18)11-7-10(16)8-12(17)14(11,9-15(19)20)5-6-22(2,3)4/h10-12,16-17H,7-9H2,1-4H3/t10-,11+,12-,14+/m0/s1. The lowest BCUT2D eigenvalue weighted by molar-refractivity contribution is -0.500. The van der Waals surface area contributed by atoms with Crippen LogP contribution in [0, 0.1) is 32.9 Å². The van der Waals surface area contributed by atoms with E-state index in [4.69, 9.17) is 4.74 Å². The molecule has 0 aromatic carbocycles. The Kier molecular flexibility index (Phi) is 5.73. The predicted molar refractivity (Wildman–Crippen MR) is 82.2 cm³/mol. The first kappa shape index (κ1) is 18.6. The van der Waals surface area contributed by atoms with Crippen LogP contribution < -0.4 is 0 Å². The summed E-state index contributed by atoms with van der Waals surface area (Å²) in [5.41, 5.74) is 1.51. The molecule has 0 saturated heterocycles. The lowest BCUT2D eigenvalue weighted by Crippen LogP contribution is -2.55. The molecule has 2 N–H and O–H groups in total. The van der Waals surface area contributed by atoms with Crippen LogP contribution in [0.15, 0.2) is 0 Å². The number of methoxy groups -OCH3 is 1. The van der Waals surface area contributed by atoms with Crippen LogP contribution in [0.4, 0.5) is 0 Å². The highest BCUT2D eigenvalue weighted by Gasteiger charge is 2.56. The number of hydrogen-bond donors (Lipinski definition) is 2. The molecule has 1 rings (SSSR count). The van der Waals surface area contributed by atoms with Crippen molar-refractivity contribution in [1.82, 2.24) is 0 Å². The number of ether oxygens (including phenoxy) is 1. The average Bonchev–Trinajstić information content (AvgIpc) is 2.37.